The second-order valence-corrected chi connectivity index (χ2v) is 5.87. The molecule has 6 nitrogen and oxygen atoms in total. The highest BCUT2D eigenvalue weighted by Gasteiger charge is 2.43. The van der Waals surface area contributed by atoms with Gasteiger partial charge in [0.05, 0.1) is 19.0 Å². The summed E-state index contributed by atoms with van der Waals surface area (Å²) in [5, 5.41) is 2.99. The molecule has 0 radical (unpaired) electrons. The molecular formula is C10H11ClN2O4P+. The van der Waals surface area contributed by atoms with Gasteiger partial charge in [-0.3, -0.25) is 9.89 Å². The Morgan fingerprint density at radius 2 is 1.94 bits per heavy atom. The van der Waals surface area contributed by atoms with E-state index in [-0.39, 0.29) is 5.30 Å². The summed E-state index contributed by atoms with van der Waals surface area (Å²) in [7, 11) is -2.68. The van der Waals surface area contributed by atoms with E-state index in [0.717, 1.165) is 7.11 Å². The quantitative estimate of drug-likeness (QED) is 0.731. The van der Waals surface area contributed by atoms with Crippen molar-refractivity contribution in [3.8, 4) is 5.69 Å². The van der Waals surface area contributed by atoms with Crippen molar-refractivity contribution in [1.82, 2.24) is 9.78 Å². The molecule has 0 saturated carbocycles. The molecule has 1 aromatic heterocycles. The van der Waals surface area contributed by atoms with Crippen molar-refractivity contribution >= 4 is 24.8 Å². The lowest BCUT2D eigenvalue weighted by Gasteiger charge is -2.03. The van der Waals surface area contributed by atoms with E-state index in [1.165, 1.54) is 10.9 Å². The van der Waals surface area contributed by atoms with Crippen LogP contribution in [0.5, 0.6) is 0 Å². The second-order valence-electron chi connectivity index (χ2n) is 3.50. The molecule has 8 heteroatoms. The topological polar surface area (TPSA) is 87.5 Å². The minimum Gasteiger partial charge on any atom is -0.294 e. The number of benzene rings is 1. The number of H-pyrrole nitrogens is 1. The fraction of sp³-hybridized carbons (Fsp3) is 0.100. The zero-order valence-corrected chi connectivity index (χ0v) is 11.0. The molecule has 0 aliphatic rings. The van der Waals surface area contributed by atoms with E-state index in [4.69, 9.17) is 11.6 Å². The van der Waals surface area contributed by atoms with E-state index in [2.05, 4.69) is 9.62 Å². The van der Waals surface area contributed by atoms with Gasteiger partial charge < -0.3 is 0 Å². The summed E-state index contributed by atoms with van der Waals surface area (Å²) in [6.45, 7) is 0. The highest BCUT2D eigenvalue weighted by Crippen LogP contribution is 2.47. The van der Waals surface area contributed by atoms with Gasteiger partial charge in [-0.25, -0.2) is 4.68 Å². The van der Waals surface area contributed by atoms with Gasteiger partial charge in [-0.2, -0.15) is 14.3 Å². The highest BCUT2D eigenvalue weighted by atomic mass is 35.5. The van der Waals surface area contributed by atoms with Gasteiger partial charge in [-0.1, -0.05) is 11.6 Å². The van der Waals surface area contributed by atoms with Crippen LogP contribution in [0.25, 0.3) is 5.69 Å². The van der Waals surface area contributed by atoms with E-state index in [1.54, 1.807) is 24.3 Å². The van der Waals surface area contributed by atoms with E-state index < -0.39 is 13.5 Å². The summed E-state index contributed by atoms with van der Waals surface area (Å²) in [4.78, 5) is 31.1. The molecule has 2 rings (SSSR count). The first kappa shape index (κ1) is 13.3. The van der Waals surface area contributed by atoms with Gasteiger partial charge in [-0.15, -0.1) is 0 Å². The molecule has 0 saturated heterocycles. The molecule has 0 amide bonds. The third-order valence-corrected chi connectivity index (χ3v) is 4.11. The maximum atomic E-state index is 12.0. The second kappa shape index (κ2) is 4.84. The average Bonchev–Trinajstić information content (AvgIpc) is 2.73. The number of aromatic amines is 1. The van der Waals surface area contributed by atoms with E-state index >= 15 is 0 Å². The Bertz CT molecular complexity index is 605. The molecule has 96 valence electrons. The summed E-state index contributed by atoms with van der Waals surface area (Å²) >= 11 is 5.75. The first-order chi connectivity index (χ1) is 8.45. The summed E-state index contributed by atoms with van der Waals surface area (Å²) in [6, 6.07) is 6.51. The predicted molar refractivity (Wildman–Crippen MR) is 69.4 cm³/mol. The molecular weight excluding hydrogens is 279 g/mol. The molecule has 1 aromatic carbocycles. The molecule has 1 heterocycles. The summed E-state index contributed by atoms with van der Waals surface area (Å²) < 4.78 is 5.71. The standard InChI is InChI=1S/C10H10ClN2O4P/c1-17-18(15,16)9-6-12-13(10(9)14)8-4-2-7(11)3-5-8/h2-6,15-16H,1H3/p+1. The number of halogens is 1. The van der Waals surface area contributed by atoms with E-state index in [1.807, 2.05) is 0 Å². The van der Waals surface area contributed by atoms with Crippen molar-refractivity contribution in [2.24, 2.45) is 0 Å². The zero-order valence-electron chi connectivity index (χ0n) is 9.37. The van der Waals surface area contributed by atoms with Crippen molar-refractivity contribution in [1.29, 1.82) is 0 Å². The molecule has 0 spiro atoms. The monoisotopic (exact) mass is 289 g/mol. The number of nitrogens with one attached hydrogen (secondary N) is 1. The SMILES string of the molecule is CO[P+](O)(O)c1c[nH]n(-c2ccc(Cl)cc2)c1=O. The number of rotatable bonds is 3. The van der Waals surface area contributed by atoms with Crippen LogP contribution in [0.1, 0.15) is 0 Å². The molecule has 0 bridgehead atoms. The summed E-state index contributed by atoms with van der Waals surface area (Å²) in [6.07, 6.45) is 1.22. The minimum absolute atomic E-state index is 0.194. The Labute approximate surface area is 108 Å². The summed E-state index contributed by atoms with van der Waals surface area (Å²) in [5.74, 6) is 0. The zero-order chi connectivity index (χ0) is 13.3. The van der Waals surface area contributed by atoms with Gasteiger partial charge in [-0.05, 0) is 24.3 Å². The van der Waals surface area contributed by atoms with Gasteiger partial charge in [0, 0.05) is 5.02 Å². The van der Waals surface area contributed by atoms with Crippen LogP contribution in [0.15, 0.2) is 35.3 Å². The van der Waals surface area contributed by atoms with Crippen molar-refractivity contribution in [3.63, 3.8) is 0 Å². The maximum Gasteiger partial charge on any atom is 0.450 e. The number of hydrogen-bond donors (Lipinski definition) is 3. The van der Waals surface area contributed by atoms with Crippen LogP contribution < -0.4 is 10.9 Å². The lowest BCUT2D eigenvalue weighted by Crippen LogP contribution is -2.29. The Kier molecular flexibility index (Phi) is 3.56. The van der Waals surface area contributed by atoms with Crippen LogP contribution >= 0.6 is 19.5 Å². The predicted octanol–water partition coefficient (Wildman–Crippen LogP) is 0.838. The van der Waals surface area contributed by atoms with Crippen LogP contribution in [0.2, 0.25) is 5.02 Å². The number of hydrogen-bond acceptors (Lipinski definition) is 4. The Balaban J connectivity index is 2.49. The minimum atomic E-state index is -3.81. The van der Waals surface area contributed by atoms with E-state index in [0.29, 0.717) is 10.7 Å². The van der Waals surface area contributed by atoms with Crippen LogP contribution in [-0.2, 0) is 4.52 Å². The Morgan fingerprint density at radius 1 is 1.33 bits per heavy atom. The smallest absolute Gasteiger partial charge is 0.294 e. The number of nitrogens with zero attached hydrogens (tertiary/aromatic N) is 1. The van der Waals surface area contributed by atoms with Gasteiger partial charge >= 0.3 is 13.5 Å². The van der Waals surface area contributed by atoms with Crippen LogP contribution in [0, 0.1) is 0 Å². The van der Waals surface area contributed by atoms with Gasteiger partial charge in [0.25, 0.3) is 5.30 Å². The normalized spacial score (nSPS) is 11.8. The maximum absolute atomic E-state index is 12.0. The molecule has 3 N–H and O–H groups in total. The molecule has 2 aromatic rings. The fourth-order valence-corrected chi connectivity index (χ4v) is 2.35. The molecule has 18 heavy (non-hydrogen) atoms. The van der Waals surface area contributed by atoms with Crippen LogP contribution in [0.3, 0.4) is 0 Å². The average molecular weight is 290 g/mol. The Morgan fingerprint density at radius 3 is 2.50 bits per heavy atom. The number of aromatic nitrogens is 2. The lowest BCUT2D eigenvalue weighted by atomic mass is 10.3. The summed E-state index contributed by atoms with van der Waals surface area (Å²) in [5.41, 5.74) is -0.0377. The Hall–Kier alpha value is -1.17. The lowest BCUT2D eigenvalue weighted by molar-refractivity contribution is 0.292. The van der Waals surface area contributed by atoms with Gasteiger partial charge in [0.1, 0.15) is 0 Å². The van der Waals surface area contributed by atoms with Crippen LogP contribution in [0.4, 0.5) is 0 Å². The molecule has 0 unspecified atom stereocenters. The third kappa shape index (κ3) is 2.34. The van der Waals surface area contributed by atoms with Crippen LogP contribution in [-0.4, -0.2) is 26.7 Å². The van der Waals surface area contributed by atoms with Crippen molar-refractivity contribution in [3.05, 3.63) is 45.8 Å². The molecule has 0 aliphatic heterocycles. The first-order valence-electron chi connectivity index (χ1n) is 4.93. The van der Waals surface area contributed by atoms with Gasteiger partial charge in [0.2, 0.25) is 0 Å². The van der Waals surface area contributed by atoms with E-state index in [9.17, 15) is 14.6 Å². The molecule has 0 atom stereocenters. The largest absolute Gasteiger partial charge is 0.450 e. The fourth-order valence-electron chi connectivity index (χ4n) is 1.45. The molecule has 0 aliphatic carbocycles. The first-order valence-corrected chi connectivity index (χ1v) is 6.92. The van der Waals surface area contributed by atoms with Gasteiger partial charge in [0.15, 0.2) is 0 Å². The molecule has 0 fully saturated rings. The van der Waals surface area contributed by atoms with Crippen molar-refractivity contribution in [2.75, 3.05) is 7.11 Å². The van der Waals surface area contributed by atoms with Crippen molar-refractivity contribution in [2.45, 2.75) is 0 Å². The third-order valence-electron chi connectivity index (χ3n) is 2.41. The van der Waals surface area contributed by atoms with Crippen molar-refractivity contribution < 1.29 is 14.3 Å². The highest BCUT2D eigenvalue weighted by molar-refractivity contribution is 7.67.